The molecule has 23 heavy (non-hydrogen) atoms. The van der Waals surface area contributed by atoms with E-state index in [9.17, 15) is 9.18 Å². The number of halogens is 2. The summed E-state index contributed by atoms with van der Waals surface area (Å²) in [6, 6.07) is 6.50. The van der Waals surface area contributed by atoms with Gasteiger partial charge in [0.15, 0.2) is 0 Å². The summed E-state index contributed by atoms with van der Waals surface area (Å²) in [7, 11) is 1.86. The molecular weight excluding hydrogens is 315 g/mol. The van der Waals surface area contributed by atoms with Crippen LogP contribution in [0.25, 0.3) is 0 Å². The highest BCUT2D eigenvalue weighted by Crippen LogP contribution is 2.24. The van der Waals surface area contributed by atoms with Crippen LogP contribution in [0.15, 0.2) is 24.3 Å². The maximum atomic E-state index is 12.9. The minimum Gasteiger partial charge on any atom is -0.345 e. The van der Waals surface area contributed by atoms with Crippen molar-refractivity contribution in [1.29, 1.82) is 0 Å². The van der Waals surface area contributed by atoms with Crippen molar-refractivity contribution in [3.63, 3.8) is 0 Å². The number of carbonyl (C=O) groups excluding carboxylic acids is 1. The Bertz CT molecular complexity index is 474. The summed E-state index contributed by atoms with van der Waals surface area (Å²) in [4.78, 5) is 14.1. The van der Waals surface area contributed by atoms with Crippen LogP contribution < -0.4 is 5.32 Å². The van der Waals surface area contributed by atoms with E-state index in [0.717, 1.165) is 25.1 Å². The minimum atomic E-state index is -0.219. The Balaban J connectivity index is 0.00000264. The average Bonchev–Trinajstić information content (AvgIpc) is 2.54. The second-order valence-electron chi connectivity index (χ2n) is 6.46. The van der Waals surface area contributed by atoms with E-state index in [4.69, 9.17) is 0 Å². The number of piperidine rings is 1. The second-order valence-corrected chi connectivity index (χ2v) is 6.46. The molecule has 0 bridgehead atoms. The fourth-order valence-corrected chi connectivity index (χ4v) is 3.08. The molecule has 1 N–H and O–H groups in total. The van der Waals surface area contributed by atoms with Crippen molar-refractivity contribution in [1.82, 2.24) is 10.2 Å². The fourth-order valence-electron chi connectivity index (χ4n) is 3.08. The normalized spacial score (nSPS) is 16.5. The first-order valence-electron chi connectivity index (χ1n) is 8.25. The van der Waals surface area contributed by atoms with E-state index in [1.807, 2.05) is 7.05 Å². The van der Waals surface area contributed by atoms with Gasteiger partial charge in [-0.15, -0.1) is 12.4 Å². The zero-order chi connectivity index (χ0) is 15.9. The van der Waals surface area contributed by atoms with Gasteiger partial charge in [0.05, 0.1) is 0 Å². The molecule has 0 radical (unpaired) electrons. The summed E-state index contributed by atoms with van der Waals surface area (Å²) < 4.78 is 12.9. The molecule has 1 atom stereocenters. The number of carbonyl (C=O) groups is 1. The Morgan fingerprint density at radius 2 is 1.91 bits per heavy atom. The van der Waals surface area contributed by atoms with Gasteiger partial charge in [0.1, 0.15) is 5.82 Å². The Morgan fingerprint density at radius 1 is 1.30 bits per heavy atom. The molecule has 1 aliphatic rings. The van der Waals surface area contributed by atoms with Gasteiger partial charge in [0.25, 0.3) is 0 Å². The third-order valence-electron chi connectivity index (χ3n) is 4.76. The van der Waals surface area contributed by atoms with Crippen LogP contribution in [0.1, 0.15) is 31.7 Å². The summed E-state index contributed by atoms with van der Waals surface area (Å²) in [6.45, 7) is 5.03. The van der Waals surface area contributed by atoms with Gasteiger partial charge in [-0.2, -0.15) is 0 Å². The van der Waals surface area contributed by atoms with Gasteiger partial charge in [-0.05, 0) is 61.9 Å². The van der Waals surface area contributed by atoms with Gasteiger partial charge in [-0.1, -0.05) is 19.1 Å². The topological polar surface area (TPSA) is 32.3 Å². The molecule has 0 spiro atoms. The number of benzene rings is 1. The smallest absolute Gasteiger partial charge is 0.222 e. The van der Waals surface area contributed by atoms with Crippen LogP contribution in [0, 0.1) is 17.7 Å². The first-order chi connectivity index (χ1) is 10.6. The number of nitrogens with one attached hydrogen (secondary N) is 1. The average molecular weight is 343 g/mol. The quantitative estimate of drug-likeness (QED) is 0.860. The molecule has 1 fully saturated rings. The molecule has 0 aromatic heterocycles. The van der Waals surface area contributed by atoms with Crippen LogP contribution in [0.5, 0.6) is 0 Å². The summed E-state index contributed by atoms with van der Waals surface area (Å²) in [5.74, 6) is 1.11. The largest absolute Gasteiger partial charge is 0.345 e. The monoisotopic (exact) mass is 342 g/mol. The molecule has 1 heterocycles. The first kappa shape index (κ1) is 19.9. The third-order valence-corrected chi connectivity index (χ3v) is 4.76. The number of nitrogens with zero attached hydrogens (tertiary/aromatic N) is 1. The molecule has 1 amide bonds. The molecule has 0 saturated carbocycles. The number of likely N-dealkylation sites (N-methyl/N-ethyl adjacent to an activating group) is 1. The highest BCUT2D eigenvalue weighted by atomic mass is 35.5. The Kier molecular flexibility index (Phi) is 8.56. The summed E-state index contributed by atoms with van der Waals surface area (Å²) in [5.41, 5.74) is 1.06. The van der Waals surface area contributed by atoms with Gasteiger partial charge >= 0.3 is 0 Å². The van der Waals surface area contributed by atoms with Crippen molar-refractivity contribution >= 4 is 18.3 Å². The van der Waals surface area contributed by atoms with Gasteiger partial charge < -0.3 is 10.2 Å². The number of hydrogen-bond acceptors (Lipinski definition) is 2. The van der Waals surface area contributed by atoms with E-state index in [1.165, 1.54) is 25.0 Å². The molecule has 1 aromatic carbocycles. The van der Waals surface area contributed by atoms with Gasteiger partial charge in [0, 0.05) is 20.0 Å². The predicted octanol–water partition coefficient (Wildman–Crippen LogP) is 3.27. The van der Waals surface area contributed by atoms with Crippen molar-refractivity contribution in [2.75, 3.05) is 26.7 Å². The zero-order valence-corrected chi connectivity index (χ0v) is 14.9. The van der Waals surface area contributed by atoms with Crippen molar-refractivity contribution in [3.8, 4) is 0 Å². The number of amides is 1. The van der Waals surface area contributed by atoms with Crippen LogP contribution in [0.4, 0.5) is 4.39 Å². The molecule has 3 nitrogen and oxygen atoms in total. The zero-order valence-electron chi connectivity index (χ0n) is 14.1. The Morgan fingerprint density at radius 3 is 2.52 bits per heavy atom. The Hall–Kier alpha value is -1.13. The predicted molar refractivity (Wildman–Crippen MR) is 94.4 cm³/mol. The Labute approximate surface area is 145 Å². The molecule has 2 rings (SSSR count). The summed E-state index contributed by atoms with van der Waals surface area (Å²) in [6.07, 6.45) is 3.75. The summed E-state index contributed by atoms with van der Waals surface area (Å²) in [5, 5.41) is 3.37. The molecule has 130 valence electrons. The van der Waals surface area contributed by atoms with Crippen molar-refractivity contribution in [2.24, 2.45) is 11.8 Å². The molecule has 1 saturated heterocycles. The highest BCUT2D eigenvalue weighted by Gasteiger charge is 2.23. The molecule has 5 heteroatoms. The molecule has 1 aliphatic heterocycles. The van der Waals surface area contributed by atoms with Gasteiger partial charge in [0.2, 0.25) is 5.91 Å². The fraction of sp³-hybridized carbons (Fsp3) is 0.611. The lowest BCUT2D eigenvalue weighted by Crippen LogP contribution is -2.34. The molecule has 1 unspecified atom stereocenters. The van der Waals surface area contributed by atoms with Crippen LogP contribution >= 0.6 is 12.4 Å². The third kappa shape index (κ3) is 6.48. The number of rotatable bonds is 6. The van der Waals surface area contributed by atoms with E-state index in [2.05, 4.69) is 12.2 Å². The van der Waals surface area contributed by atoms with Crippen molar-refractivity contribution in [2.45, 2.75) is 32.6 Å². The molecule has 1 aromatic rings. The standard InChI is InChI=1S/C18H27FN2O.ClH/c1-14(16-7-10-20-11-8-16)13-18(22)21(2)12-9-15-3-5-17(19)6-4-15;/h3-6,14,16,20H,7-13H2,1-2H3;1H. The van der Waals surface area contributed by atoms with Gasteiger partial charge in [-0.3, -0.25) is 4.79 Å². The van der Waals surface area contributed by atoms with Crippen LogP contribution in [0.2, 0.25) is 0 Å². The van der Waals surface area contributed by atoms with Crippen molar-refractivity contribution < 1.29 is 9.18 Å². The van der Waals surface area contributed by atoms with E-state index in [-0.39, 0.29) is 24.1 Å². The first-order valence-corrected chi connectivity index (χ1v) is 8.25. The number of hydrogen-bond donors (Lipinski definition) is 1. The van der Waals surface area contributed by atoms with E-state index in [0.29, 0.717) is 24.8 Å². The second kappa shape index (κ2) is 9.89. The van der Waals surface area contributed by atoms with E-state index in [1.54, 1.807) is 17.0 Å². The lowest BCUT2D eigenvalue weighted by Gasteiger charge is -2.29. The van der Waals surface area contributed by atoms with Crippen LogP contribution in [-0.4, -0.2) is 37.5 Å². The summed E-state index contributed by atoms with van der Waals surface area (Å²) >= 11 is 0. The van der Waals surface area contributed by atoms with E-state index >= 15 is 0 Å². The highest BCUT2D eigenvalue weighted by molar-refractivity contribution is 5.85. The van der Waals surface area contributed by atoms with Crippen LogP contribution in [0.3, 0.4) is 0 Å². The maximum Gasteiger partial charge on any atom is 0.222 e. The minimum absolute atomic E-state index is 0. The lowest BCUT2D eigenvalue weighted by molar-refractivity contribution is -0.131. The SMILES string of the molecule is CC(CC(=O)N(C)CCc1ccc(F)cc1)C1CCNCC1.Cl. The van der Waals surface area contributed by atoms with Crippen LogP contribution in [-0.2, 0) is 11.2 Å². The van der Waals surface area contributed by atoms with Crippen molar-refractivity contribution in [3.05, 3.63) is 35.6 Å². The van der Waals surface area contributed by atoms with Gasteiger partial charge in [-0.25, -0.2) is 4.39 Å². The molecule has 0 aliphatic carbocycles. The molecular formula is C18H28ClFN2O. The van der Waals surface area contributed by atoms with E-state index < -0.39 is 0 Å². The lowest BCUT2D eigenvalue weighted by atomic mass is 9.84. The maximum absolute atomic E-state index is 12.9.